The molecule has 19 heavy (non-hydrogen) atoms. The van der Waals surface area contributed by atoms with Crippen LogP contribution in [0.5, 0.6) is 0 Å². The van der Waals surface area contributed by atoms with Gasteiger partial charge in [-0.05, 0) is 44.9 Å². The van der Waals surface area contributed by atoms with Crippen molar-refractivity contribution in [3.8, 4) is 0 Å². The number of nitrogens with one attached hydrogen (secondary N) is 1. The van der Waals surface area contributed by atoms with Crippen molar-refractivity contribution >= 4 is 11.4 Å². The average molecular weight is 266 g/mol. The molecule has 1 unspecified atom stereocenters. The molecule has 1 fully saturated rings. The minimum absolute atomic E-state index is 0.182. The molecular formula is C15H23FN2O. The Morgan fingerprint density at radius 2 is 2.21 bits per heavy atom. The fraction of sp³-hybridized carbons (Fsp3) is 0.600. The first-order valence-electron chi connectivity index (χ1n) is 6.94. The van der Waals surface area contributed by atoms with Crippen LogP contribution in [0.3, 0.4) is 0 Å². The van der Waals surface area contributed by atoms with E-state index >= 15 is 0 Å². The fourth-order valence-corrected chi connectivity index (χ4v) is 2.25. The lowest BCUT2D eigenvalue weighted by Crippen LogP contribution is -2.30. The first kappa shape index (κ1) is 14.1. The summed E-state index contributed by atoms with van der Waals surface area (Å²) in [5, 5.41) is 3.33. The standard InChI is InChI=1S/C15H23FN2O/c1-11(2)18(3)15-7-6-12(9-14(15)16)17-13-5-4-8-19-10-13/h6-7,9,11,13,17H,4-5,8,10H2,1-3H3. The van der Waals surface area contributed by atoms with E-state index in [0.29, 0.717) is 18.3 Å². The zero-order valence-electron chi connectivity index (χ0n) is 11.9. The second kappa shape index (κ2) is 6.24. The topological polar surface area (TPSA) is 24.5 Å². The largest absolute Gasteiger partial charge is 0.380 e. The third-order valence-electron chi connectivity index (χ3n) is 3.63. The summed E-state index contributed by atoms with van der Waals surface area (Å²) >= 11 is 0. The van der Waals surface area contributed by atoms with Crippen LogP contribution >= 0.6 is 0 Å². The molecule has 1 atom stereocenters. The Hall–Kier alpha value is -1.29. The molecule has 1 aromatic rings. The Kier molecular flexibility index (Phi) is 4.64. The van der Waals surface area contributed by atoms with Crippen molar-refractivity contribution in [2.75, 3.05) is 30.5 Å². The molecule has 1 aromatic carbocycles. The Morgan fingerprint density at radius 1 is 1.42 bits per heavy atom. The maximum absolute atomic E-state index is 14.1. The molecule has 2 rings (SSSR count). The molecule has 1 heterocycles. The molecular weight excluding hydrogens is 243 g/mol. The van der Waals surface area contributed by atoms with Gasteiger partial charge in [-0.2, -0.15) is 0 Å². The summed E-state index contributed by atoms with van der Waals surface area (Å²) in [6.45, 7) is 5.63. The second-order valence-corrected chi connectivity index (χ2v) is 5.43. The summed E-state index contributed by atoms with van der Waals surface area (Å²) in [6, 6.07) is 5.91. The highest BCUT2D eigenvalue weighted by Gasteiger charge is 2.15. The van der Waals surface area contributed by atoms with Crippen molar-refractivity contribution in [2.45, 2.75) is 38.8 Å². The maximum Gasteiger partial charge on any atom is 0.148 e. The lowest BCUT2D eigenvalue weighted by molar-refractivity contribution is 0.0876. The number of nitrogens with zero attached hydrogens (tertiary/aromatic N) is 1. The summed E-state index contributed by atoms with van der Waals surface area (Å²) < 4.78 is 19.5. The molecule has 0 spiro atoms. The van der Waals surface area contributed by atoms with E-state index in [-0.39, 0.29) is 11.9 Å². The van der Waals surface area contributed by atoms with Gasteiger partial charge in [0, 0.05) is 31.4 Å². The Balaban J connectivity index is 2.05. The number of ether oxygens (including phenoxy) is 1. The first-order chi connectivity index (χ1) is 9.08. The van der Waals surface area contributed by atoms with Gasteiger partial charge < -0.3 is 15.0 Å². The van der Waals surface area contributed by atoms with E-state index in [2.05, 4.69) is 5.32 Å². The summed E-state index contributed by atoms with van der Waals surface area (Å²) in [5.74, 6) is -0.182. The van der Waals surface area contributed by atoms with Crippen LogP contribution in [0.2, 0.25) is 0 Å². The quantitative estimate of drug-likeness (QED) is 0.905. The highest BCUT2D eigenvalue weighted by molar-refractivity contribution is 5.56. The summed E-state index contributed by atoms with van der Waals surface area (Å²) in [6.07, 6.45) is 2.14. The number of anilines is 2. The summed E-state index contributed by atoms with van der Waals surface area (Å²) in [7, 11) is 1.91. The van der Waals surface area contributed by atoms with Crippen LogP contribution in [0.4, 0.5) is 15.8 Å². The van der Waals surface area contributed by atoms with E-state index in [1.165, 1.54) is 0 Å². The van der Waals surface area contributed by atoms with Crippen molar-refractivity contribution in [1.82, 2.24) is 0 Å². The molecule has 1 saturated heterocycles. The molecule has 106 valence electrons. The highest BCUT2D eigenvalue weighted by atomic mass is 19.1. The van der Waals surface area contributed by atoms with E-state index in [4.69, 9.17) is 4.74 Å². The minimum atomic E-state index is -0.182. The molecule has 1 aliphatic heterocycles. The van der Waals surface area contributed by atoms with Crippen LogP contribution in [0.15, 0.2) is 18.2 Å². The van der Waals surface area contributed by atoms with Gasteiger partial charge in [0.05, 0.1) is 12.3 Å². The fourth-order valence-electron chi connectivity index (χ4n) is 2.25. The summed E-state index contributed by atoms with van der Waals surface area (Å²) in [4.78, 5) is 1.93. The smallest absolute Gasteiger partial charge is 0.148 e. The maximum atomic E-state index is 14.1. The molecule has 1 N–H and O–H groups in total. The van der Waals surface area contributed by atoms with Crippen molar-refractivity contribution in [2.24, 2.45) is 0 Å². The van der Waals surface area contributed by atoms with Crippen LogP contribution in [0, 0.1) is 5.82 Å². The van der Waals surface area contributed by atoms with Gasteiger partial charge in [0.2, 0.25) is 0 Å². The Bertz CT molecular complexity index is 417. The first-order valence-corrected chi connectivity index (χ1v) is 6.94. The number of hydrogen-bond acceptors (Lipinski definition) is 3. The number of rotatable bonds is 4. The Morgan fingerprint density at radius 3 is 2.79 bits per heavy atom. The van der Waals surface area contributed by atoms with Gasteiger partial charge in [0.15, 0.2) is 0 Å². The van der Waals surface area contributed by atoms with Gasteiger partial charge in [-0.25, -0.2) is 4.39 Å². The SMILES string of the molecule is CC(C)N(C)c1ccc(NC2CCCOC2)cc1F. The van der Waals surface area contributed by atoms with Gasteiger partial charge in [-0.1, -0.05) is 0 Å². The van der Waals surface area contributed by atoms with Crippen LogP contribution in [0.1, 0.15) is 26.7 Å². The number of halogens is 1. The van der Waals surface area contributed by atoms with Crippen molar-refractivity contribution in [3.63, 3.8) is 0 Å². The third kappa shape index (κ3) is 3.60. The van der Waals surface area contributed by atoms with Gasteiger partial charge >= 0.3 is 0 Å². The number of benzene rings is 1. The number of hydrogen-bond donors (Lipinski definition) is 1. The average Bonchev–Trinajstić information content (AvgIpc) is 2.39. The Labute approximate surface area is 114 Å². The van der Waals surface area contributed by atoms with E-state index in [0.717, 1.165) is 25.1 Å². The lowest BCUT2D eigenvalue weighted by atomic mass is 10.1. The van der Waals surface area contributed by atoms with Gasteiger partial charge in [-0.3, -0.25) is 0 Å². The summed E-state index contributed by atoms with van der Waals surface area (Å²) in [5.41, 5.74) is 1.47. The molecule has 4 heteroatoms. The van der Waals surface area contributed by atoms with Crippen LogP contribution in [-0.4, -0.2) is 32.3 Å². The van der Waals surface area contributed by atoms with E-state index in [1.54, 1.807) is 6.07 Å². The normalized spacial score (nSPS) is 19.5. The van der Waals surface area contributed by atoms with Crippen molar-refractivity contribution in [1.29, 1.82) is 0 Å². The molecule has 1 aliphatic rings. The molecule has 0 saturated carbocycles. The predicted octanol–water partition coefficient (Wildman–Crippen LogP) is 3.26. The molecule has 3 nitrogen and oxygen atoms in total. The molecule has 0 aliphatic carbocycles. The molecule has 0 bridgehead atoms. The van der Waals surface area contributed by atoms with E-state index in [1.807, 2.05) is 37.9 Å². The van der Waals surface area contributed by atoms with Crippen LogP contribution < -0.4 is 10.2 Å². The van der Waals surface area contributed by atoms with Gasteiger partial charge in [-0.15, -0.1) is 0 Å². The van der Waals surface area contributed by atoms with Gasteiger partial charge in [0.25, 0.3) is 0 Å². The zero-order chi connectivity index (χ0) is 13.8. The predicted molar refractivity (Wildman–Crippen MR) is 77.4 cm³/mol. The molecule has 0 aromatic heterocycles. The third-order valence-corrected chi connectivity index (χ3v) is 3.63. The van der Waals surface area contributed by atoms with E-state index in [9.17, 15) is 4.39 Å². The van der Waals surface area contributed by atoms with Crippen LogP contribution in [0.25, 0.3) is 0 Å². The monoisotopic (exact) mass is 266 g/mol. The van der Waals surface area contributed by atoms with Crippen molar-refractivity contribution < 1.29 is 9.13 Å². The van der Waals surface area contributed by atoms with E-state index < -0.39 is 0 Å². The van der Waals surface area contributed by atoms with Gasteiger partial charge in [0.1, 0.15) is 5.82 Å². The second-order valence-electron chi connectivity index (χ2n) is 5.43. The highest BCUT2D eigenvalue weighted by Crippen LogP contribution is 2.24. The molecule has 0 radical (unpaired) electrons. The minimum Gasteiger partial charge on any atom is -0.380 e. The van der Waals surface area contributed by atoms with Crippen LogP contribution in [-0.2, 0) is 4.74 Å². The lowest BCUT2D eigenvalue weighted by Gasteiger charge is -2.26. The zero-order valence-corrected chi connectivity index (χ0v) is 11.9. The molecule has 0 amide bonds. The van der Waals surface area contributed by atoms with Crippen molar-refractivity contribution in [3.05, 3.63) is 24.0 Å².